The largest absolute Gasteiger partial charge is 0.314 e. The average molecular weight is 261 g/mol. The van der Waals surface area contributed by atoms with Gasteiger partial charge in [-0.15, -0.1) is 0 Å². The van der Waals surface area contributed by atoms with Gasteiger partial charge in [0.15, 0.2) is 0 Å². The summed E-state index contributed by atoms with van der Waals surface area (Å²) in [5.41, 5.74) is 5.70. The zero-order chi connectivity index (χ0) is 13.7. The highest BCUT2D eigenvalue weighted by molar-refractivity contribution is 5.38. The fraction of sp³-hybridized carbons (Fsp3) is 0.625. The van der Waals surface area contributed by atoms with E-state index in [1.807, 2.05) is 0 Å². The first-order chi connectivity index (χ1) is 9.18. The van der Waals surface area contributed by atoms with Gasteiger partial charge in [0.25, 0.3) is 0 Å². The number of hydrogen-bond acceptors (Lipinski definition) is 3. The molecule has 0 aliphatic carbocycles. The zero-order valence-corrected chi connectivity index (χ0v) is 12.6. The Hall–Kier alpha value is -0.900. The van der Waals surface area contributed by atoms with Gasteiger partial charge in [0.1, 0.15) is 0 Å². The lowest BCUT2D eigenvalue weighted by Crippen LogP contribution is -2.45. The molecule has 3 nitrogen and oxygen atoms in total. The van der Waals surface area contributed by atoms with Gasteiger partial charge in [-0.05, 0) is 43.0 Å². The third kappa shape index (κ3) is 4.03. The molecule has 19 heavy (non-hydrogen) atoms. The first-order valence-electron chi connectivity index (χ1n) is 7.38. The molecule has 0 amide bonds. The minimum absolute atomic E-state index is 0.985. The van der Waals surface area contributed by atoms with Gasteiger partial charge in [0.05, 0.1) is 0 Å². The van der Waals surface area contributed by atoms with Crippen LogP contribution in [0.3, 0.4) is 0 Å². The molecule has 106 valence electrons. The molecular weight excluding hydrogens is 234 g/mol. The number of nitrogens with one attached hydrogen (secondary N) is 2. The number of rotatable bonds is 5. The van der Waals surface area contributed by atoms with Crippen LogP contribution in [-0.4, -0.2) is 44.2 Å². The molecule has 1 saturated heterocycles. The summed E-state index contributed by atoms with van der Waals surface area (Å²) in [6.07, 6.45) is 0. The molecule has 1 fully saturated rings. The van der Waals surface area contributed by atoms with Gasteiger partial charge in [-0.2, -0.15) is 0 Å². The minimum Gasteiger partial charge on any atom is -0.314 e. The third-order valence-corrected chi connectivity index (χ3v) is 4.30. The lowest BCUT2D eigenvalue weighted by atomic mass is 9.99. The van der Waals surface area contributed by atoms with Crippen LogP contribution in [0.15, 0.2) is 12.1 Å². The maximum Gasteiger partial charge on any atom is 0.0208 e. The van der Waals surface area contributed by atoms with Crippen LogP contribution in [-0.2, 0) is 6.54 Å². The smallest absolute Gasteiger partial charge is 0.0208 e. The summed E-state index contributed by atoms with van der Waals surface area (Å²) in [5, 5.41) is 6.96. The molecule has 1 aliphatic rings. The fourth-order valence-electron chi connectivity index (χ4n) is 2.60. The van der Waals surface area contributed by atoms with E-state index in [1.165, 1.54) is 35.3 Å². The van der Waals surface area contributed by atoms with Crippen LogP contribution in [0.4, 0.5) is 0 Å². The Kier molecular flexibility index (Phi) is 5.37. The van der Waals surface area contributed by atoms with E-state index in [0.29, 0.717) is 0 Å². The van der Waals surface area contributed by atoms with E-state index in [4.69, 9.17) is 0 Å². The molecule has 0 atom stereocenters. The second kappa shape index (κ2) is 7.04. The molecular formula is C16H27N3. The first-order valence-corrected chi connectivity index (χ1v) is 7.38. The fourth-order valence-corrected chi connectivity index (χ4v) is 2.60. The number of hydrogen-bond donors (Lipinski definition) is 2. The maximum absolute atomic E-state index is 3.57. The topological polar surface area (TPSA) is 27.3 Å². The highest BCUT2D eigenvalue weighted by Crippen LogP contribution is 2.16. The van der Waals surface area contributed by atoms with Crippen molar-refractivity contribution < 1.29 is 0 Å². The number of piperazine rings is 1. The summed E-state index contributed by atoms with van der Waals surface area (Å²) < 4.78 is 0. The summed E-state index contributed by atoms with van der Waals surface area (Å²) >= 11 is 0. The predicted octanol–water partition coefficient (Wildman–Crippen LogP) is 1.61. The van der Waals surface area contributed by atoms with Gasteiger partial charge < -0.3 is 10.6 Å². The van der Waals surface area contributed by atoms with E-state index in [1.54, 1.807) is 0 Å². The van der Waals surface area contributed by atoms with Crippen LogP contribution in [0.2, 0.25) is 0 Å². The Labute approximate surface area is 117 Å². The Morgan fingerprint density at radius 1 is 1.11 bits per heavy atom. The van der Waals surface area contributed by atoms with Crippen LogP contribution in [0, 0.1) is 20.8 Å². The van der Waals surface area contributed by atoms with Crippen LogP contribution >= 0.6 is 0 Å². The summed E-state index contributed by atoms with van der Waals surface area (Å²) in [5.74, 6) is 0. The molecule has 0 radical (unpaired) electrons. The van der Waals surface area contributed by atoms with E-state index in [2.05, 4.69) is 48.4 Å². The van der Waals surface area contributed by atoms with Crippen molar-refractivity contribution in [1.29, 1.82) is 0 Å². The monoisotopic (exact) mass is 261 g/mol. The minimum atomic E-state index is 0.985. The van der Waals surface area contributed by atoms with Crippen molar-refractivity contribution in [2.45, 2.75) is 27.3 Å². The Bertz CT molecular complexity index is 409. The first kappa shape index (κ1) is 14.5. The number of nitrogens with zero attached hydrogens (tertiary/aromatic N) is 1. The number of aryl methyl sites for hydroxylation is 1. The van der Waals surface area contributed by atoms with Crippen LogP contribution in [0.25, 0.3) is 0 Å². The number of benzene rings is 1. The van der Waals surface area contributed by atoms with E-state index >= 15 is 0 Å². The van der Waals surface area contributed by atoms with E-state index < -0.39 is 0 Å². The summed E-state index contributed by atoms with van der Waals surface area (Å²) in [6.45, 7) is 14.5. The molecule has 1 aliphatic heterocycles. The van der Waals surface area contributed by atoms with Gasteiger partial charge in [-0.3, -0.25) is 4.90 Å². The van der Waals surface area contributed by atoms with Crippen molar-refractivity contribution in [3.63, 3.8) is 0 Å². The SMILES string of the molecule is Cc1ccc(CNCCN2CCNCC2)c(C)c1C. The molecule has 0 saturated carbocycles. The van der Waals surface area contributed by atoms with Crippen molar-refractivity contribution >= 4 is 0 Å². The lowest BCUT2D eigenvalue weighted by Gasteiger charge is -2.27. The molecule has 1 aromatic carbocycles. The summed E-state index contributed by atoms with van der Waals surface area (Å²) in [6, 6.07) is 4.49. The highest BCUT2D eigenvalue weighted by atomic mass is 15.2. The van der Waals surface area contributed by atoms with Gasteiger partial charge in [-0.25, -0.2) is 0 Å². The molecule has 1 aromatic rings. The molecule has 2 N–H and O–H groups in total. The van der Waals surface area contributed by atoms with Crippen molar-refractivity contribution in [2.75, 3.05) is 39.3 Å². The van der Waals surface area contributed by atoms with Gasteiger partial charge >= 0.3 is 0 Å². The van der Waals surface area contributed by atoms with E-state index in [-0.39, 0.29) is 0 Å². The predicted molar refractivity (Wildman–Crippen MR) is 81.7 cm³/mol. The normalized spacial score (nSPS) is 16.8. The van der Waals surface area contributed by atoms with Crippen molar-refractivity contribution in [3.05, 3.63) is 34.4 Å². The van der Waals surface area contributed by atoms with Crippen molar-refractivity contribution in [1.82, 2.24) is 15.5 Å². The molecule has 3 heteroatoms. The van der Waals surface area contributed by atoms with Gasteiger partial charge in [0, 0.05) is 45.8 Å². The molecule has 2 rings (SSSR count). The lowest BCUT2D eigenvalue weighted by molar-refractivity contribution is 0.241. The molecule has 0 unspecified atom stereocenters. The van der Waals surface area contributed by atoms with Crippen molar-refractivity contribution in [3.8, 4) is 0 Å². The van der Waals surface area contributed by atoms with Crippen LogP contribution in [0.1, 0.15) is 22.3 Å². The Morgan fingerprint density at radius 3 is 2.58 bits per heavy atom. The Balaban J connectivity index is 1.75. The van der Waals surface area contributed by atoms with Gasteiger partial charge in [-0.1, -0.05) is 12.1 Å². The summed E-state index contributed by atoms with van der Waals surface area (Å²) in [7, 11) is 0. The molecule has 0 spiro atoms. The second-order valence-electron chi connectivity index (χ2n) is 5.56. The Morgan fingerprint density at radius 2 is 1.84 bits per heavy atom. The standard InChI is InChI=1S/C16H27N3/c1-13-4-5-16(15(3)14(13)2)12-18-8-11-19-9-6-17-7-10-19/h4-5,17-18H,6-12H2,1-3H3. The van der Waals surface area contributed by atoms with E-state index in [0.717, 1.165) is 32.7 Å². The second-order valence-corrected chi connectivity index (χ2v) is 5.56. The summed E-state index contributed by atoms with van der Waals surface area (Å²) in [4.78, 5) is 2.52. The van der Waals surface area contributed by atoms with Crippen molar-refractivity contribution in [2.24, 2.45) is 0 Å². The third-order valence-electron chi connectivity index (χ3n) is 4.30. The zero-order valence-electron chi connectivity index (χ0n) is 12.6. The molecule has 1 heterocycles. The van der Waals surface area contributed by atoms with E-state index in [9.17, 15) is 0 Å². The van der Waals surface area contributed by atoms with Crippen LogP contribution in [0.5, 0.6) is 0 Å². The molecule has 0 bridgehead atoms. The molecule has 0 aromatic heterocycles. The highest BCUT2D eigenvalue weighted by Gasteiger charge is 2.08. The van der Waals surface area contributed by atoms with Crippen LogP contribution < -0.4 is 10.6 Å². The van der Waals surface area contributed by atoms with Gasteiger partial charge in [0.2, 0.25) is 0 Å². The quantitative estimate of drug-likeness (QED) is 0.789. The maximum atomic E-state index is 3.57. The average Bonchev–Trinajstić information content (AvgIpc) is 2.44.